The van der Waals surface area contributed by atoms with Crippen LogP contribution in [0, 0.1) is 16.7 Å². The largest absolute Gasteiger partial charge is 0.331 e. The maximum Gasteiger partial charge on any atom is 0.318 e. The molecule has 0 aromatic heterocycles. The summed E-state index contributed by atoms with van der Waals surface area (Å²) in [5, 5.41) is 16.0. The van der Waals surface area contributed by atoms with E-state index < -0.39 is 5.41 Å². The van der Waals surface area contributed by atoms with Crippen molar-refractivity contribution in [3.63, 3.8) is 0 Å². The summed E-state index contributed by atoms with van der Waals surface area (Å²) in [6.07, 6.45) is 3.86. The number of nitrogens with one attached hydrogen (secondary N) is 2. The van der Waals surface area contributed by atoms with Crippen molar-refractivity contribution in [2.45, 2.75) is 50.6 Å². The first kappa shape index (κ1) is 17.8. The van der Waals surface area contributed by atoms with E-state index in [9.17, 15) is 10.1 Å². The third kappa shape index (κ3) is 3.36. The second-order valence-electron chi connectivity index (χ2n) is 8.26. The Morgan fingerprint density at radius 3 is 2.44 bits per heavy atom. The number of benzene rings is 1. The predicted molar refractivity (Wildman–Crippen MR) is 97.9 cm³/mol. The smallest absolute Gasteiger partial charge is 0.318 e. The molecule has 0 atom stereocenters. The summed E-state index contributed by atoms with van der Waals surface area (Å²) in [7, 11) is 2.03. The highest BCUT2D eigenvalue weighted by atomic mass is 16.2. The Balaban J connectivity index is 1.72. The van der Waals surface area contributed by atoms with E-state index in [0.29, 0.717) is 13.1 Å². The number of carbonyl (C=O) groups is 1. The molecule has 0 unspecified atom stereocenters. The minimum absolute atomic E-state index is 0.0173. The van der Waals surface area contributed by atoms with Crippen molar-refractivity contribution in [3.8, 4) is 6.07 Å². The summed E-state index contributed by atoms with van der Waals surface area (Å²) in [5.41, 5.74) is 0.629. The fourth-order valence-corrected chi connectivity index (χ4v) is 4.30. The van der Waals surface area contributed by atoms with Crippen LogP contribution in [0.1, 0.15) is 45.1 Å². The first-order chi connectivity index (χ1) is 11.8. The normalized spacial score (nSPS) is 29.5. The Kier molecular flexibility index (Phi) is 4.51. The van der Waals surface area contributed by atoms with Gasteiger partial charge in [0, 0.05) is 18.6 Å². The molecule has 5 nitrogen and oxygen atoms in total. The summed E-state index contributed by atoms with van der Waals surface area (Å²) in [6.45, 7) is 4.94. The zero-order valence-electron chi connectivity index (χ0n) is 15.4. The summed E-state index contributed by atoms with van der Waals surface area (Å²) < 4.78 is 0. The van der Waals surface area contributed by atoms with Crippen LogP contribution < -0.4 is 10.6 Å². The lowest BCUT2D eigenvalue weighted by Crippen LogP contribution is -2.53. The first-order valence-corrected chi connectivity index (χ1v) is 9.07. The Morgan fingerprint density at radius 2 is 1.88 bits per heavy atom. The van der Waals surface area contributed by atoms with Crippen LogP contribution >= 0.6 is 0 Å². The van der Waals surface area contributed by atoms with Crippen LogP contribution in [0.2, 0.25) is 0 Å². The lowest BCUT2D eigenvalue weighted by atomic mass is 9.69. The highest BCUT2D eigenvalue weighted by Crippen LogP contribution is 2.43. The average molecular weight is 340 g/mol. The van der Waals surface area contributed by atoms with Crippen LogP contribution in [0.15, 0.2) is 30.3 Å². The number of nitriles is 1. The lowest BCUT2D eigenvalue weighted by Gasteiger charge is -2.45. The van der Waals surface area contributed by atoms with Crippen molar-refractivity contribution in [3.05, 3.63) is 35.9 Å². The SMILES string of the molecule is CNC1(c2ccccc2)CCC2(CC1)CN(CC(C)(C)C#N)C(=O)N2. The van der Waals surface area contributed by atoms with Crippen LogP contribution in [0.4, 0.5) is 4.79 Å². The molecule has 5 heteroatoms. The van der Waals surface area contributed by atoms with Crippen molar-refractivity contribution < 1.29 is 4.79 Å². The third-order valence-corrected chi connectivity index (χ3v) is 5.91. The zero-order valence-corrected chi connectivity index (χ0v) is 15.4. The molecular weight excluding hydrogens is 312 g/mol. The van der Waals surface area contributed by atoms with Gasteiger partial charge in [0.05, 0.1) is 17.0 Å². The standard InChI is InChI=1S/C20H28N4O/c1-18(2,13-21)14-24-15-19(23-17(24)25)9-11-20(22-3,12-10-19)16-7-5-4-6-8-16/h4-8,22H,9-12,14-15H2,1-3H3,(H,23,25). The molecule has 2 aliphatic rings. The Morgan fingerprint density at radius 1 is 1.24 bits per heavy atom. The van der Waals surface area contributed by atoms with E-state index in [-0.39, 0.29) is 17.1 Å². The number of carbonyl (C=O) groups excluding carboxylic acids is 1. The van der Waals surface area contributed by atoms with E-state index in [1.54, 1.807) is 0 Å². The van der Waals surface area contributed by atoms with Gasteiger partial charge in [-0.1, -0.05) is 30.3 Å². The van der Waals surface area contributed by atoms with Crippen molar-refractivity contribution >= 4 is 6.03 Å². The summed E-state index contributed by atoms with van der Waals surface area (Å²) in [6, 6.07) is 12.8. The molecule has 2 amide bonds. The molecule has 134 valence electrons. The van der Waals surface area contributed by atoms with Crippen molar-refractivity contribution in [1.82, 2.24) is 15.5 Å². The summed E-state index contributed by atoms with van der Waals surface area (Å²) in [5.74, 6) is 0. The van der Waals surface area contributed by atoms with Crippen LogP contribution in [-0.2, 0) is 5.54 Å². The second-order valence-corrected chi connectivity index (χ2v) is 8.26. The number of hydrogen-bond acceptors (Lipinski definition) is 3. The number of urea groups is 1. The average Bonchev–Trinajstić information content (AvgIpc) is 2.91. The van der Waals surface area contributed by atoms with Gasteiger partial charge in [-0.3, -0.25) is 0 Å². The van der Waals surface area contributed by atoms with Crippen LogP contribution in [0.25, 0.3) is 0 Å². The molecular formula is C20H28N4O. The Bertz CT molecular complexity index is 669. The van der Waals surface area contributed by atoms with E-state index in [1.165, 1.54) is 5.56 Å². The van der Waals surface area contributed by atoms with Gasteiger partial charge >= 0.3 is 6.03 Å². The molecule has 1 aliphatic heterocycles. The van der Waals surface area contributed by atoms with Crippen molar-refractivity contribution in [2.75, 3.05) is 20.1 Å². The van der Waals surface area contributed by atoms with Gasteiger partial charge in [0.1, 0.15) is 0 Å². The molecule has 1 saturated heterocycles. The highest BCUT2D eigenvalue weighted by molar-refractivity contribution is 5.78. The van der Waals surface area contributed by atoms with Gasteiger partial charge in [0.2, 0.25) is 0 Å². The minimum Gasteiger partial charge on any atom is -0.331 e. The molecule has 1 aromatic rings. The van der Waals surface area contributed by atoms with E-state index in [1.807, 2.05) is 31.9 Å². The van der Waals surface area contributed by atoms with Gasteiger partial charge in [0.25, 0.3) is 0 Å². The monoisotopic (exact) mass is 340 g/mol. The topological polar surface area (TPSA) is 68.2 Å². The molecule has 1 aromatic carbocycles. The quantitative estimate of drug-likeness (QED) is 0.885. The Labute approximate surface area is 150 Å². The molecule has 1 heterocycles. The summed E-state index contributed by atoms with van der Waals surface area (Å²) in [4.78, 5) is 14.2. The maximum absolute atomic E-state index is 12.4. The van der Waals surface area contributed by atoms with Crippen LogP contribution in [0.5, 0.6) is 0 Å². The fraction of sp³-hybridized carbons (Fsp3) is 0.600. The predicted octanol–water partition coefficient (Wildman–Crippen LogP) is 2.99. The van der Waals surface area contributed by atoms with E-state index in [0.717, 1.165) is 25.7 Å². The molecule has 25 heavy (non-hydrogen) atoms. The van der Waals surface area contributed by atoms with Crippen LogP contribution in [-0.4, -0.2) is 36.6 Å². The van der Waals surface area contributed by atoms with Gasteiger partial charge in [-0.05, 0) is 52.1 Å². The number of amides is 2. The lowest BCUT2D eigenvalue weighted by molar-refractivity contribution is 0.154. The van der Waals surface area contributed by atoms with Gasteiger partial charge < -0.3 is 15.5 Å². The molecule has 3 rings (SSSR count). The molecule has 0 radical (unpaired) electrons. The van der Waals surface area contributed by atoms with Crippen molar-refractivity contribution in [2.24, 2.45) is 5.41 Å². The third-order valence-electron chi connectivity index (χ3n) is 5.91. The van der Waals surface area contributed by atoms with Gasteiger partial charge in [-0.15, -0.1) is 0 Å². The zero-order chi connectivity index (χ0) is 18.1. The van der Waals surface area contributed by atoms with E-state index in [2.05, 4.69) is 41.0 Å². The molecule has 2 N–H and O–H groups in total. The van der Waals surface area contributed by atoms with Gasteiger partial charge in [0.15, 0.2) is 0 Å². The van der Waals surface area contributed by atoms with Crippen molar-refractivity contribution in [1.29, 1.82) is 5.26 Å². The number of nitrogens with zero attached hydrogens (tertiary/aromatic N) is 2. The van der Waals surface area contributed by atoms with Gasteiger partial charge in [-0.25, -0.2) is 4.79 Å². The summed E-state index contributed by atoms with van der Waals surface area (Å²) >= 11 is 0. The Hall–Kier alpha value is -2.06. The minimum atomic E-state index is -0.518. The van der Waals surface area contributed by atoms with E-state index in [4.69, 9.17) is 0 Å². The molecule has 0 bridgehead atoms. The molecule has 1 aliphatic carbocycles. The number of rotatable bonds is 4. The molecule has 1 spiro atoms. The maximum atomic E-state index is 12.4. The van der Waals surface area contributed by atoms with E-state index >= 15 is 0 Å². The molecule has 2 fully saturated rings. The fourth-order valence-electron chi connectivity index (χ4n) is 4.30. The molecule has 1 saturated carbocycles. The number of hydrogen-bond donors (Lipinski definition) is 2. The van der Waals surface area contributed by atoms with Gasteiger partial charge in [-0.2, -0.15) is 5.26 Å². The second kappa shape index (κ2) is 6.34. The first-order valence-electron chi connectivity index (χ1n) is 9.07. The highest BCUT2D eigenvalue weighted by Gasteiger charge is 2.49. The van der Waals surface area contributed by atoms with Crippen LogP contribution in [0.3, 0.4) is 0 Å².